The Hall–Kier alpha value is -4.37. The number of nitrogens with zero attached hydrogens (tertiary/aromatic N) is 1. The van der Waals surface area contributed by atoms with Gasteiger partial charge in [0.05, 0.1) is 32.6 Å². The minimum absolute atomic E-state index is 0.271. The first kappa shape index (κ1) is 23.8. The van der Waals surface area contributed by atoms with Gasteiger partial charge in [-0.1, -0.05) is 18.2 Å². The number of carbonyl (C=O) groups is 2. The molecule has 1 aromatic heterocycles. The van der Waals surface area contributed by atoms with E-state index in [1.807, 2.05) is 24.3 Å². The first-order valence-corrected chi connectivity index (χ1v) is 11.4. The average Bonchev–Trinajstić information content (AvgIpc) is 3.39. The van der Waals surface area contributed by atoms with Crippen molar-refractivity contribution in [2.45, 2.75) is 0 Å². The zero-order valence-electron chi connectivity index (χ0n) is 19.3. The fourth-order valence-electron chi connectivity index (χ4n) is 3.40. The summed E-state index contributed by atoms with van der Waals surface area (Å²) >= 11 is 1.33. The monoisotopic (exact) mass is 489 g/mol. The Morgan fingerprint density at radius 2 is 1.49 bits per heavy atom. The molecule has 0 aliphatic heterocycles. The third-order valence-corrected chi connectivity index (χ3v) is 6.01. The summed E-state index contributed by atoms with van der Waals surface area (Å²) in [6.45, 7) is 0. The predicted octanol–water partition coefficient (Wildman–Crippen LogP) is 5.34. The number of methoxy groups -OCH3 is 3. The number of carbonyl (C=O) groups excluding carboxylic acids is 2. The molecule has 0 bridgehead atoms. The first-order chi connectivity index (χ1) is 17.0. The molecule has 0 radical (unpaired) electrons. The van der Waals surface area contributed by atoms with Gasteiger partial charge in [0, 0.05) is 16.6 Å². The summed E-state index contributed by atoms with van der Waals surface area (Å²) in [6, 6.07) is 19.2. The molecular formula is C26H23N3O5S. The van der Waals surface area contributed by atoms with E-state index in [-0.39, 0.29) is 17.5 Å². The van der Waals surface area contributed by atoms with E-state index in [0.29, 0.717) is 39.2 Å². The van der Waals surface area contributed by atoms with Gasteiger partial charge < -0.3 is 24.8 Å². The molecule has 0 spiro atoms. The summed E-state index contributed by atoms with van der Waals surface area (Å²) in [5, 5.41) is 7.94. The first-order valence-electron chi connectivity index (χ1n) is 10.6. The third-order valence-electron chi connectivity index (χ3n) is 5.13. The molecule has 4 rings (SSSR count). The van der Waals surface area contributed by atoms with Gasteiger partial charge in [0.1, 0.15) is 16.5 Å². The summed E-state index contributed by atoms with van der Waals surface area (Å²) in [4.78, 5) is 29.8. The Labute approximate surface area is 206 Å². The van der Waals surface area contributed by atoms with Gasteiger partial charge in [-0.2, -0.15) is 0 Å². The number of thiazole rings is 1. The van der Waals surface area contributed by atoms with Crippen LogP contribution in [0.1, 0.15) is 20.8 Å². The highest BCUT2D eigenvalue weighted by Gasteiger charge is 2.17. The van der Waals surface area contributed by atoms with Crippen LogP contribution in [-0.2, 0) is 0 Å². The zero-order valence-corrected chi connectivity index (χ0v) is 20.1. The van der Waals surface area contributed by atoms with E-state index >= 15 is 0 Å². The number of rotatable bonds is 8. The second-order valence-corrected chi connectivity index (χ2v) is 8.12. The normalized spacial score (nSPS) is 10.4. The Bertz CT molecular complexity index is 1350. The van der Waals surface area contributed by atoms with E-state index in [1.165, 1.54) is 11.3 Å². The van der Waals surface area contributed by atoms with Gasteiger partial charge in [0.2, 0.25) is 0 Å². The van der Waals surface area contributed by atoms with Crippen molar-refractivity contribution in [3.63, 3.8) is 0 Å². The van der Waals surface area contributed by atoms with Gasteiger partial charge in [-0.3, -0.25) is 9.59 Å². The van der Waals surface area contributed by atoms with Crippen LogP contribution in [0.25, 0.3) is 10.6 Å². The molecule has 35 heavy (non-hydrogen) atoms. The average molecular weight is 490 g/mol. The van der Waals surface area contributed by atoms with Crippen LogP contribution in [0.2, 0.25) is 0 Å². The van der Waals surface area contributed by atoms with Crippen molar-refractivity contribution in [1.29, 1.82) is 0 Å². The zero-order chi connectivity index (χ0) is 24.8. The molecule has 3 aromatic carbocycles. The Balaban J connectivity index is 1.44. The topological polar surface area (TPSA) is 98.8 Å². The number of hydrogen-bond donors (Lipinski definition) is 2. The van der Waals surface area contributed by atoms with Crippen LogP contribution < -0.4 is 24.8 Å². The van der Waals surface area contributed by atoms with Crippen LogP contribution >= 0.6 is 11.3 Å². The van der Waals surface area contributed by atoms with E-state index in [1.54, 1.807) is 69.2 Å². The number of ether oxygens (including phenoxy) is 3. The summed E-state index contributed by atoms with van der Waals surface area (Å²) in [6.07, 6.45) is 0. The molecule has 0 unspecified atom stereocenters. The Morgan fingerprint density at radius 3 is 2.20 bits per heavy atom. The van der Waals surface area contributed by atoms with Gasteiger partial charge >= 0.3 is 0 Å². The van der Waals surface area contributed by atoms with Crippen LogP contribution in [0.15, 0.2) is 72.1 Å². The molecule has 8 nitrogen and oxygen atoms in total. The fraction of sp³-hybridized carbons (Fsp3) is 0.115. The largest absolute Gasteiger partial charge is 0.495 e. The summed E-state index contributed by atoms with van der Waals surface area (Å²) in [5.41, 5.74) is 2.56. The van der Waals surface area contributed by atoms with Crippen LogP contribution in [0.3, 0.4) is 0 Å². The maximum atomic E-state index is 12.8. The van der Waals surface area contributed by atoms with Crippen molar-refractivity contribution >= 4 is 34.5 Å². The minimum atomic E-state index is -0.361. The van der Waals surface area contributed by atoms with E-state index < -0.39 is 0 Å². The Kier molecular flexibility index (Phi) is 7.27. The number of anilines is 2. The molecule has 2 N–H and O–H groups in total. The molecule has 0 fully saturated rings. The molecule has 9 heteroatoms. The molecular weight excluding hydrogens is 466 g/mol. The van der Waals surface area contributed by atoms with Crippen molar-refractivity contribution in [3.05, 3.63) is 83.4 Å². The number of amides is 2. The second-order valence-electron chi connectivity index (χ2n) is 7.26. The number of aromatic nitrogens is 1. The number of nitrogens with one attached hydrogen (secondary N) is 2. The lowest BCUT2D eigenvalue weighted by Crippen LogP contribution is -2.14. The molecule has 0 aliphatic rings. The summed E-state index contributed by atoms with van der Waals surface area (Å²) in [7, 11) is 4.67. The maximum absolute atomic E-state index is 12.8. The highest BCUT2D eigenvalue weighted by Crippen LogP contribution is 2.39. The standard InChI is InChI=1S/C26H23N3O5S/c1-32-21-9-5-4-8-19(21)28-24(30)16-11-13-17(14-12-16)27-25(31)20-15-35-26(29-20)18-7-6-10-22(33-2)23(18)34-3/h4-15H,1-3H3,(H,27,31)(H,28,30). The van der Waals surface area contributed by atoms with Crippen molar-refractivity contribution in [2.75, 3.05) is 32.0 Å². The third kappa shape index (κ3) is 5.25. The molecule has 0 saturated heterocycles. The SMILES string of the molecule is COc1ccccc1NC(=O)c1ccc(NC(=O)c2csc(-c3cccc(OC)c3OC)n2)cc1. The van der Waals surface area contributed by atoms with Gasteiger partial charge in [-0.05, 0) is 48.5 Å². The maximum Gasteiger partial charge on any atom is 0.275 e. The van der Waals surface area contributed by atoms with Crippen LogP contribution in [0.5, 0.6) is 17.2 Å². The quantitative estimate of drug-likeness (QED) is 0.347. The minimum Gasteiger partial charge on any atom is -0.495 e. The molecule has 0 aliphatic carbocycles. The summed E-state index contributed by atoms with van der Waals surface area (Å²) in [5.74, 6) is 1.06. The van der Waals surface area contributed by atoms with Crippen molar-refractivity contribution in [1.82, 2.24) is 4.98 Å². The van der Waals surface area contributed by atoms with Gasteiger partial charge in [0.15, 0.2) is 11.5 Å². The number of para-hydroxylation sites is 3. The van der Waals surface area contributed by atoms with Crippen molar-refractivity contribution in [2.24, 2.45) is 0 Å². The number of benzene rings is 3. The lowest BCUT2D eigenvalue weighted by Gasteiger charge is -2.10. The summed E-state index contributed by atoms with van der Waals surface area (Å²) < 4.78 is 16.1. The molecule has 0 atom stereocenters. The number of hydrogen-bond acceptors (Lipinski definition) is 7. The van der Waals surface area contributed by atoms with Gasteiger partial charge in [-0.25, -0.2) is 4.98 Å². The van der Waals surface area contributed by atoms with Crippen molar-refractivity contribution in [3.8, 4) is 27.8 Å². The lowest BCUT2D eigenvalue weighted by molar-refractivity contribution is 0.101. The van der Waals surface area contributed by atoms with E-state index in [2.05, 4.69) is 15.6 Å². The molecule has 2 amide bonds. The Morgan fingerprint density at radius 1 is 0.771 bits per heavy atom. The fourth-order valence-corrected chi connectivity index (χ4v) is 4.22. The van der Waals surface area contributed by atoms with Crippen LogP contribution in [0, 0.1) is 0 Å². The van der Waals surface area contributed by atoms with Gasteiger partial charge in [0.25, 0.3) is 11.8 Å². The van der Waals surface area contributed by atoms with Crippen LogP contribution in [-0.4, -0.2) is 38.1 Å². The van der Waals surface area contributed by atoms with E-state index in [0.717, 1.165) is 5.56 Å². The molecule has 4 aromatic rings. The lowest BCUT2D eigenvalue weighted by atomic mass is 10.2. The van der Waals surface area contributed by atoms with Crippen molar-refractivity contribution < 1.29 is 23.8 Å². The highest BCUT2D eigenvalue weighted by atomic mass is 32.1. The molecule has 178 valence electrons. The van der Waals surface area contributed by atoms with E-state index in [4.69, 9.17) is 14.2 Å². The molecule has 1 heterocycles. The predicted molar refractivity (Wildman–Crippen MR) is 136 cm³/mol. The second kappa shape index (κ2) is 10.7. The van der Waals surface area contributed by atoms with Crippen LogP contribution in [0.4, 0.5) is 11.4 Å². The van der Waals surface area contributed by atoms with Gasteiger partial charge in [-0.15, -0.1) is 11.3 Å². The molecule has 0 saturated carbocycles. The highest BCUT2D eigenvalue weighted by molar-refractivity contribution is 7.13. The smallest absolute Gasteiger partial charge is 0.275 e. The van der Waals surface area contributed by atoms with E-state index in [9.17, 15) is 9.59 Å².